The van der Waals surface area contributed by atoms with Gasteiger partial charge in [0.1, 0.15) is 5.82 Å². The molecule has 0 spiro atoms. The second-order valence-corrected chi connectivity index (χ2v) is 10.5. The summed E-state index contributed by atoms with van der Waals surface area (Å²) in [6.45, 7) is 11.7. The van der Waals surface area contributed by atoms with Gasteiger partial charge in [0.05, 0.1) is 18.6 Å². The maximum Gasteiger partial charge on any atom is 0.231 e. The molecule has 0 radical (unpaired) electrons. The Morgan fingerprint density at radius 2 is 1.90 bits per heavy atom. The highest BCUT2D eigenvalue weighted by molar-refractivity contribution is 5.85. The van der Waals surface area contributed by atoms with E-state index >= 15 is 0 Å². The Balaban J connectivity index is 1.61. The van der Waals surface area contributed by atoms with Gasteiger partial charge in [0.15, 0.2) is 0 Å². The van der Waals surface area contributed by atoms with Gasteiger partial charge in [0.25, 0.3) is 0 Å². The SMILES string of the molecule is CC(C)(C)CC(=O)N1CCC[C@@]2(C(=O)N3CCOCC3)CN(c3ccccn3)C[C@H]2C1. The highest BCUT2D eigenvalue weighted by atomic mass is 16.5. The third kappa shape index (κ3) is 4.71. The van der Waals surface area contributed by atoms with Crippen molar-refractivity contribution in [2.24, 2.45) is 16.7 Å². The fraction of sp³-hybridized carbons (Fsp3) is 0.708. The number of carbonyl (C=O) groups excluding carboxylic acids is 2. The Hall–Kier alpha value is -2.15. The van der Waals surface area contributed by atoms with Crippen LogP contribution in [0.4, 0.5) is 5.82 Å². The van der Waals surface area contributed by atoms with E-state index in [1.165, 1.54) is 0 Å². The molecule has 1 aromatic rings. The van der Waals surface area contributed by atoms with Crippen LogP contribution in [0.1, 0.15) is 40.0 Å². The first-order valence-corrected chi connectivity index (χ1v) is 11.6. The molecule has 0 aliphatic carbocycles. The summed E-state index contributed by atoms with van der Waals surface area (Å²) in [6.07, 6.45) is 4.02. The summed E-state index contributed by atoms with van der Waals surface area (Å²) in [6, 6.07) is 5.92. The lowest BCUT2D eigenvalue weighted by atomic mass is 9.73. The van der Waals surface area contributed by atoms with E-state index in [1.54, 1.807) is 6.20 Å². The third-order valence-electron chi connectivity index (χ3n) is 6.92. The van der Waals surface area contributed by atoms with E-state index in [0.717, 1.165) is 31.7 Å². The molecule has 0 N–H and O–H groups in total. The van der Waals surface area contributed by atoms with Crippen LogP contribution in [0.25, 0.3) is 0 Å². The molecule has 31 heavy (non-hydrogen) atoms. The Morgan fingerprint density at radius 3 is 2.58 bits per heavy atom. The summed E-state index contributed by atoms with van der Waals surface area (Å²) in [5.41, 5.74) is -0.509. The zero-order chi connectivity index (χ0) is 22.1. The number of amides is 2. The first-order valence-electron chi connectivity index (χ1n) is 11.6. The van der Waals surface area contributed by atoms with Gasteiger partial charge >= 0.3 is 0 Å². The topological polar surface area (TPSA) is 66.0 Å². The number of pyridine rings is 1. The van der Waals surface area contributed by atoms with E-state index in [9.17, 15) is 9.59 Å². The zero-order valence-corrected chi connectivity index (χ0v) is 19.2. The van der Waals surface area contributed by atoms with Crippen LogP contribution in [-0.2, 0) is 14.3 Å². The lowest BCUT2D eigenvalue weighted by Gasteiger charge is -2.39. The summed E-state index contributed by atoms with van der Waals surface area (Å²) in [4.78, 5) is 37.8. The summed E-state index contributed by atoms with van der Waals surface area (Å²) in [7, 11) is 0. The lowest BCUT2D eigenvalue weighted by Crippen LogP contribution is -2.53. The number of rotatable bonds is 3. The molecule has 2 atom stereocenters. The molecule has 0 aromatic carbocycles. The summed E-state index contributed by atoms with van der Waals surface area (Å²) < 4.78 is 5.49. The average molecular weight is 429 g/mol. The molecule has 4 heterocycles. The largest absolute Gasteiger partial charge is 0.378 e. The quantitative estimate of drug-likeness (QED) is 0.740. The highest BCUT2D eigenvalue weighted by Crippen LogP contribution is 2.45. The van der Waals surface area contributed by atoms with Gasteiger partial charge in [-0.3, -0.25) is 9.59 Å². The Labute approximate surface area is 185 Å². The van der Waals surface area contributed by atoms with Crippen LogP contribution in [0, 0.1) is 16.7 Å². The molecule has 1 aromatic heterocycles. The van der Waals surface area contributed by atoms with Crippen LogP contribution in [-0.4, -0.2) is 79.1 Å². The van der Waals surface area contributed by atoms with Crippen molar-refractivity contribution in [1.82, 2.24) is 14.8 Å². The molecule has 7 nitrogen and oxygen atoms in total. The minimum atomic E-state index is -0.467. The normalized spacial score (nSPS) is 27.1. The first-order chi connectivity index (χ1) is 14.8. The molecule has 3 aliphatic rings. The smallest absolute Gasteiger partial charge is 0.231 e. The highest BCUT2D eigenvalue weighted by Gasteiger charge is 2.55. The van der Waals surface area contributed by atoms with Gasteiger partial charge in [-0.15, -0.1) is 0 Å². The number of anilines is 1. The van der Waals surface area contributed by atoms with Gasteiger partial charge in [0, 0.05) is 57.8 Å². The van der Waals surface area contributed by atoms with Crippen molar-refractivity contribution < 1.29 is 14.3 Å². The molecule has 3 fully saturated rings. The molecule has 3 saturated heterocycles. The number of carbonyl (C=O) groups is 2. The second-order valence-electron chi connectivity index (χ2n) is 10.5. The third-order valence-corrected chi connectivity index (χ3v) is 6.92. The lowest BCUT2D eigenvalue weighted by molar-refractivity contribution is -0.148. The van der Waals surface area contributed by atoms with Gasteiger partial charge < -0.3 is 19.4 Å². The summed E-state index contributed by atoms with van der Waals surface area (Å²) in [5, 5.41) is 0. The average Bonchev–Trinajstić information content (AvgIpc) is 3.02. The van der Waals surface area contributed by atoms with E-state index in [0.29, 0.717) is 45.8 Å². The van der Waals surface area contributed by atoms with Crippen molar-refractivity contribution in [2.45, 2.75) is 40.0 Å². The molecule has 0 saturated carbocycles. The van der Waals surface area contributed by atoms with E-state index < -0.39 is 5.41 Å². The van der Waals surface area contributed by atoms with Crippen LogP contribution in [0.3, 0.4) is 0 Å². The Morgan fingerprint density at radius 1 is 1.13 bits per heavy atom. The first kappa shape index (κ1) is 22.1. The van der Waals surface area contributed by atoms with Crippen molar-refractivity contribution in [3.63, 3.8) is 0 Å². The fourth-order valence-electron chi connectivity index (χ4n) is 5.37. The van der Waals surface area contributed by atoms with E-state index in [2.05, 4.69) is 30.7 Å². The maximum absolute atomic E-state index is 13.9. The minimum Gasteiger partial charge on any atom is -0.378 e. The number of morpholine rings is 1. The Bertz CT molecular complexity index is 788. The van der Waals surface area contributed by atoms with Crippen molar-refractivity contribution >= 4 is 17.6 Å². The molecule has 4 rings (SSSR count). The van der Waals surface area contributed by atoms with Crippen molar-refractivity contribution in [3.05, 3.63) is 24.4 Å². The summed E-state index contributed by atoms with van der Waals surface area (Å²) in [5.74, 6) is 1.47. The van der Waals surface area contributed by atoms with Crippen LogP contribution in [0.15, 0.2) is 24.4 Å². The second kappa shape index (κ2) is 8.77. The monoisotopic (exact) mass is 428 g/mol. The number of hydrogen-bond donors (Lipinski definition) is 0. The van der Waals surface area contributed by atoms with Crippen LogP contribution in [0.5, 0.6) is 0 Å². The maximum atomic E-state index is 13.9. The predicted octanol–water partition coefficient (Wildman–Crippen LogP) is 2.42. The van der Waals surface area contributed by atoms with Crippen LogP contribution < -0.4 is 4.90 Å². The number of aromatic nitrogens is 1. The molecule has 0 unspecified atom stereocenters. The van der Waals surface area contributed by atoms with Gasteiger partial charge in [-0.25, -0.2) is 4.98 Å². The molecule has 2 amide bonds. The number of likely N-dealkylation sites (tertiary alicyclic amines) is 1. The van der Waals surface area contributed by atoms with Crippen LogP contribution in [0.2, 0.25) is 0 Å². The van der Waals surface area contributed by atoms with E-state index in [1.807, 2.05) is 28.0 Å². The van der Waals surface area contributed by atoms with Gasteiger partial charge in [-0.05, 0) is 30.4 Å². The van der Waals surface area contributed by atoms with Crippen molar-refractivity contribution in [2.75, 3.05) is 57.4 Å². The van der Waals surface area contributed by atoms with E-state index in [-0.39, 0.29) is 23.1 Å². The van der Waals surface area contributed by atoms with Gasteiger partial charge in [0.2, 0.25) is 11.8 Å². The standard InChI is InChI=1S/C24H36N4O3/c1-23(2,3)15-21(29)27-10-6-8-24(22(30)26-11-13-31-14-12-26)18-28(17-19(24)16-27)20-7-4-5-9-25-20/h4-5,7,9,19H,6,8,10-18H2,1-3H3/t19-,24-/m1/s1. The molecule has 0 bridgehead atoms. The van der Waals surface area contributed by atoms with Crippen molar-refractivity contribution in [1.29, 1.82) is 0 Å². The zero-order valence-electron chi connectivity index (χ0n) is 19.2. The molecule has 170 valence electrons. The minimum absolute atomic E-state index is 0.0419. The molecule has 3 aliphatic heterocycles. The van der Waals surface area contributed by atoms with Gasteiger partial charge in [-0.2, -0.15) is 0 Å². The predicted molar refractivity (Wildman–Crippen MR) is 120 cm³/mol. The molecular weight excluding hydrogens is 392 g/mol. The summed E-state index contributed by atoms with van der Waals surface area (Å²) >= 11 is 0. The van der Waals surface area contributed by atoms with E-state index in [4.69, 9.17) is 4.74 Å². The Kier molecular flexibility index (Phi) is 6.24. The number of fused-ring (bicyclic) bond motifs is 1. The molecule has 7 heteroatoms. The van der Waals surface area contributed by atoms with Crippen molar-refractivity contribution in [3.8, 4) is 0 Å². The van der Waals surface area contributed by atoms with Gasteiger partial charge in [-0.1, -0.05) is 26.8 Å². The number of hydrogen-bond acceptors (Lipinski definition) is 5. The number of nitrogens with zero attached hydrogens (tertiary/aromatic N) is 4. The van der Waals surface area contributed by atoms with Crippen LogP contribution >= 0.6 is 0 Å². The molecular formula is C24H36N4O3. The fourth-order valence-corrected chi connectivity index (χ4v) is 5.37. The number of ether oxygens (including phenoxy) is 1.